The number of aryl methyl sites for hydroxylation is 2. The molecular weight excluding hydrogens is 443 g/mol. The summed E-state index contributed by atoms with van der Waals surface area (Å²) in [7, 11) is 0. The lowest BCUT2D eigenvalue weighted by Crippen LogP contribution is -2.41. The van der Waals surface area contributed by atoms with Crippen molar-refractivity contribution in [3.8, 4) is 0 Å². The standard InChI is InChI=1S/C28H25FN4O2/c1-19-7-9-21(10-8-19)18-33(28(35)25-17-30-15-16-31-25)26(24-6-4-3-5-20(24)2)27(34)32-23-13-11-22(29)12-14-23/h3-17,26H,18H2,1-2H3,(H,32,34). The van der Waals surface area contributed by atoms with Gasteiger partial charge < -0.3 is 10.2 Å². The average molecular weight is 469 g/mol. The lowest BCUT2D eigenvalue weighted by Gasteiger charge is -2.32. The second-order valence-corrected chi connectivity index (χ2v) is 8.26. The van der Waals surface area contributed by atoms with E-state index in [-0.39, 0.29) is 12.2 Å². The van der Waals surface area contributed by atoms with Crippen LogP contribution in [0.2, 0.25) is 0 Å². The van der Waals surface area contributed by atoms with Crippen LogP contribution in [0.4, 0.5) is 10.1 Å². The fraction of sp³-hybridized carbons (Fsp3) is 0.143. The van der Waals surface area contributed by atoms with Crippen LogP contribution >= 0.6 is 0 Å². The fourth-order valence-corrected chi connectivity index (χ4v) is 3.82. The van der Waals surface area contributed by atoms with Crippen molar-refractivity contribution in [2.24, 2.45) is 0 Å². The maximum Gasteiger partial charge on any atom is 0.275 e. The number of rotatable bonds is 7. The third kappa shape index (κ3) is 5.76. The van der Waals surface area contributed by atoms with E-state index in [4.69, 9.17) is 0 Å². The Labute approximate surface area is 203 Å². The monoisotopic (exact) mass is 468 g/mol. The number of carbonyl (C=O) groups is 2. The number of halogens is 1. The Bertz CT molecular complexity index is 1310. The summed E-state index contributed by atoms with van der Waals surface area (Å²) in [5, 5.41) is 2.84. The molecule has 0 saturated carbocycles. The molecule has 176 valence electrons. The molecule has 7 heteroatoms. The van der Waals surface area contributed by atoms with Crippen LogP contribution in [0.1, 0.15) is 38.8 Å². The van der Waals surface area contributed by atoms with Gasteiger partial charge in [-0.2, -0.15) is 0 Å². The second-order valence-electron chi connectivity index (χ2n) is 8.26. The summed E-state index contributed by atoms with van der Waals surface area (Å²) < 4.78 is 13.4. The molecule has 0 aliphatic rings. The van der Waals surface area contributed by atoms with E-state index in [2.05, 4.69) is 15.3 Å². The van der Waals surface area contributed by atoms with Crippen molar-refractivity contribution in [1.82, 2.24) is 14.9 Å². The lowest BCUT2D eigenvalue weighted by atomic mass is 9.97. The molecule has 0 bridgehead atoms. The van der Waals surface area contributed by atoms with Crippen LogP contribution in [0.5, 0.6) is 0 Å². The van der Waals surface area contributed by atoms with Crippen molar-refractivity contribution < 1.29 is 14.0 Å². The minimum absolute atomic E-state index is 0.132. The second kappa shape index (κ2) is 10.7. The zero-order valence-corrected chi connectivity index (χ0v) is 19.5. The van der Waals surface area contributed by atoms with Crippen LogP contribution in [-0.2, 0) is 11.3 Å². The highest BCUT2D eigenvalue weighted by Crippen LogP contribution is 2.29. The molecule has 1 aromatic heterocycles. The molecule has 0 aliphatic heterocycles. The number of hydrogen-bond acceptors (Lipinski definition) is 4. The summed E-state index contributed by atoms with van der Waals surface area (Å²) in [4.78, 5) is 37.2. The Balaban J connectivity index is 1.79. The fourth-order valence-electron chi connectivity index (χ4n) is 3.82. The smallest absolute Gasteiger partial charge is 0.275 e. The summed E-state index contributed by atoms with van der Waals surface area (Å²) >= 11 is 0. The van der Waals surface area contributed by atoms with Crippen molar-refractivity contribution >= 4 is 17.5 Å². The predicted octanol–water partition coefficient (Wildman–Crippen LogP) is 5.25. The first-order valence-corrected chi connectivity index (χ1v) is 11.2. The Morgan fingerprint density at radius 1 is 0.943 bits per heavy atom. The molecule has 0 radical (unpaired) electrons. The van der Waals surface area contributed by atoms with Gasteiger partial charge in [0.25, 0.3) is 11.8 Å². The van der Waals surface area contributed by atoms with Crippen LogP contribution in [0.3, 0.4) is 0 Å². The van der Waals surface area contributed by atoms with Gasteiger partial charge in [-0.15, -0.1) is 0 Å². The summed E-state index contributed by atoms with van der Waals surface area (Å²) in [6.07, 6.45) is 4.32. The third-order valence-electron chi connectivity index (χ3n) is 5.67. The number of amides is 2. The molecule has 2 amide bonds. The van der Waals surface area contributed by atoms with Crippen LogP contribution in [0, 0.1) is 19.7 Å². The van der Waals surface area contributed by atoms with Crippen molar-refractivity contribution in [3.63, 3.8) is 0 Å². The topological polar surface area (TPSA) is 75.2 Å². The lowest BCUT2D eigenvalue weighted by molar-refractivity contribution is -0.121. The quantitative estimate of drug-likeness (QED) is 0.402. The Hall–Kier alpha value is -4.39. The number of nitrogens with zero attached hydrogens (tertiary/aromatic N) is 3. The van der Waals surface area contributed by atoms with Gasteiger partial charge in [0.1, 0.15) is 17.6 Å². The molecule has 4 aromatic rings. The summed E-state index contributed by atoms with van der Waals surface area (Å²) in [5.41, 5.74) is 4.04. The number of anilines is 1. The van der Waals surface area contributed by atoms with Gasteiger partial charge in [0.05, 0.1) is 6.20 Å². The van der Waals surface area contributed by atoms with Crippen LogP contribution < -0.4 is 5.32 Å². The van der Waals surface area contributed by atoms with Gasteiger partial charge in [-0.3, -0.25) is 14.6 Å². The zero-order chi connectivity index (χ0) is 24.8. The highest BCUT2D eigenvalue weighted by Gasteiger charge is 2.34. The Morgan fingerprint density at radius 2 is 1.66 bits per heavy atom. The normalized spacial score (nSPS) is 11.5. The van der Waals surface area contributed by atoms with Crippen LogP contribution in [0.15, 0.2) is 91.4 Å². The highest BCUT2D eigenvalue weighted by molar-refractivity contribution is 6.01. The first kappa shape index (κ1) is 23.8. The molecule has 0 aliphatic carbocycles. The van der Waals surface area contributed by atoms with E-state index in [0.29, 0.717) is 11.3 Å². The number of benzene rings is 3. The molecule has 35 heavy (non-hydrogen) atoms. The van der Waals surface area contributed by atoms with Gasteiger partial charge in [0.2, 0.25) is 0 Å². The largest absolute Gasteiger partial charge is 0.324 e. The molecule has 1 heterocycles. The first-order chi connectivity index (χ1) is 16.9. The van der Waals surface area contributed by atoms with E-state index in [1.807, 2.05) is 62.4 Å². The third-order valence-corrected chi connectivity index (χ3v) is 5.67. The minimum atomic E-state index is -0.975. The van der Waals surface area contributed by atoms with E-state index in [0.717, 1.165) is 16.7 Å². The molecular formula is C28H25FN4O2. The Kier molecular flexibility index (Phi) is 7.26. The van der Waals surface area contributed by atoms with E-state index in [1.54, 1.807) is 0 Å². The summed E-state index contributed by atoms with van der Waals surface area (Å²) in [5.74, 6) is -1.26. The SMILES string of the molecule is Cc1ccc(CN(C(=O)c2cnccn2)C(C(=O)Nc2ccc(F)cc2)c2ccccc2C)cc1. The van der Waals surface area contributed by atoms with Gasteiger partial charge in [0, 0.05) is 24.6 Å². The Morgan fingerprint density at radius 3 is 2.31 bits per heavy atom. The maximum absolute atomic E-state index is 13.7. The molecule has 6 nitrogen and oxygen atoms in total. The first-order valence-electron chi connectivity index (χ1n) is 11.2. The summed E-state index contributed by atoms with van der Waals surface area (Å²) in [6.45, 7) is 4.05. The van der Waals surface area contributed by atoms with Crippen molar-refractivity contribution in [3.05, 3.63) is 125 Å². The van der Waals surface area contributed by atoms with Gasteiger partial charge in [-0.1, -0.05) is 54.1 Å². The molecule has 1 unspecified atom stereocenters. The van der Waals surface area contributed by atoms with E-state index >= 15 is 0 Å². The number of nitrogens with one attached hydrogen (secondary N) is 1. The van der Waals surface area contributed by atoms with Crippen molar-refractivity contribution in [2.75, 3.05) is 5.32 Å². The van der Waals surface area contributed by atoms with Crippen molar-refractivity contribution in [1.29, 1.82) is 0 Å². The highest BCUT2D eigenvalue weighted by atomic mass is 19.1. The number of carbonyl (C=O) groups excluding carboxylic acids is 2. The van der Waals surface area contributed by atoms with Gasteiger partial charge in [0.15, 0.2) is 0 Å². The molecule has 1 N–H and O–H groups in total. The van der Waals surface area contributed by atoms with Gasteiger partial charge >= 0.3 is 0 Å². The molecule has 0 fully saturated rings. The molecule has 1 atom stereocenters. The molecule has 0 saturated heterocycles. The molecule has 4 rings (SSSR count). The van der Waals surface area contributed by atoms with Crippen molar-refractivity contribution in [2.45, 2.75) is 26.4 Å². The maximum atomic E-state index is 13.7. The van der Waals surface area contributed by atoms with Crippen LogP contribution in [-0.4, -0.2) is 26.7 Å². The summed E-state index contributed by atoms with van der Waals surface area (Å²) in [6, 6.07) is 19.7. The number of aromatic nitrogens is 2. The van der Waals surface area contributed by atoms with E-state index < -0.39 is 23.7 Å². The van der Waals surface area contributed by atoms with E-state index in [9.17, 15) is 14.0 Å². The van der Waals surface area contributed by atoms with Gasteiger partial charge in [-0.05, 0) is 54.8 Å². The predicted molar refractivity (Wildman–Crippen MR) is 132 cm³/mol. The zero-order valence-electron chi connectivity index (χ0n) is 19.5. The average Bonchev–Trinajstić information content (AvgIpc) is 2.87. The minimum Gasteiger partial charge on any atom is -0.324 e. The van der Waals surface area contributed by atoms with Crippen LogP contribution in [0.25, 0.3) is 0 Å². The molecule has 3 aromatic carbocycles. The molecule has 0 spiro atoms. The van der Waals surface area contributed by atoms with Gasteiger partial charge in [-0.25, -0.2) is 9.37 Å². The number of hydrogen-bond donors (Lipinski definition) is 1. The van der Waals surface area contributed by atoms with E-state index in [1.165, 1.54) is 47.8 Å².